The number of nitrogens with two attached hydrogens (primary N) is 1. The van der Waals surface area contributed by atoms with E-state index < -0.39 is 0 Å². The van der Waals surface area contributed by atoms with Crippen molar-refractivity contribution in [2.24, 2.45) is 5.73 Å². The van der Waals surface area contributed by atoms with Gasteiger partial charge in [-0.1, -0.05) is 6.07 Å². The molecular formula is C11H11BrN2O. The van der Waals surface area contributed by atoms with E-state index in [-0.39, 0.29) is 5.54 Å². The van der Waals surface area contributed by atoms with Crippen LogP contribution in [0.1, 0.15) is 18.4 Å². The zero-order valence-electron chi connectivity index (χ0n) is 8.16. The highest BCUT2D eigenvalue weighted by atomic mass is 79.9. The maximum Gasteiger partial charge on any atom is 0.151 e. The van der Waals surface area contributed by atoms with Gasteiger partial charge in [0.2, 0.25) is 0 Å². The molecule has 0 amide bonds. The lowest BCUT2D eigenvalue weighted by Crippen LogP contribution is -2.30. The van der Waals surface area contributed by atoms with Gasteiger partial charge in [-0.05, 0) is 40.9 Å². The summed E-state index contributed by atoms with van der Waals surface area (Å²) in [6.45, 7) is 0.476. The molecule has 0 aromatic heterocycles. The van der Waals surface area contributed by atoms with E-state index in [4.69, 9.17) is 15.7 Å². The molecule has 1 aliphatic carbocycles. The predicted molar refractivity (Wildman–Crippen MR) is 60.5 cm³/mol. The molecule has 2 N–H and O–H groups in total. The van der Waals surface area contributed by atoms with Crippen molar-refractivity contribution in [1.82, 2.24) is 0 Å². The second-order valence-electron chi connectivity index (χ2n) is 3.88. The van der Waals surface area contributed by atoms with Crippen LogP contribution in [0.3, 0.4) is 0 Å². The van der Waals surface area contributed by atoms with Crippen LogP contribution < -0.4 is 10.5 Å². The molecule has 4 heteroatoms. The Morgan fingerprint density at radius 2 is 2.27 bits per heavy atom. The molecule has 3 nitrogen and oxygen atoms in total. The van der Waals surface area contributed by atoms with E-state index in [1.165, 1.54) is 0 Å². The maximum absolute atomic E-state index is 8.91. The number of nitriles is 1. The first-order chi connectivity index (χ1) is 7.14. The summed E-state index contributed by atoms with van der Waals surface area (Å²) in [6, 6.07) is 7.49. The first kappa shape index (κ1) is 10.5. The lowest BCUT2D eigenvalue weighted by atomic mass is 10.2. The molecule has 0 aliphatic heterocycles. The van der Waals surface area contributed by atoms with E-state index in [0.717, 1.165) is 17.3 Å². The zero-order chi connectivity index (χ0) is 10.9. The largest absolute Gasteiger partial charge is 0.489 e. The molecule has 1 aromatic carbocycles. The summed E-state index contributed by atoms with van der Waals surface area (Å²) in [5, 5.41) is 8.91. The Morgan fingerprint density at radius 3 is 2.87 bits per heavy atom. The fourth-order valence-electron chi connectivity index (χ4n) is 1.26. The van der Waals surface area contributed by atoms with Gasteiger partial charge in [-0.2, -0.15) is 5.26 Å². The molecule has 0 atom stereocenters. The van der Waals surface area contributed by atoms with Crippen molar-refractivity contribution >= 4 is 15.9 Å². The number of halogens is 1. The molecule has 1 aromatic rings. The highest BCUT2D eigenvalue weighted by Gasteiger charge is 2.39. The molecule has 1 fully saturated rings. The summed E-state index contributed by atoms with van der Waals surface area (Å²) < 4.78 is 6.39. The minimum absolute atomic E-state index is 0.165. The highest BCUT2D eigenvalue weighted by Crippen LogP contribution is 2.35. The Hall–Kier alpha value is -1.05. The second-order valence-corrected chi connectivity index (χ2v) is 4.73. The molecule has 1 aliphatic rings. The average molecular weight is 267 g/mol. The predicted octanol–water partition coefficient (Wildman–Crippen LogP) is 2.19. The van der Waals surface area contributed by atoms with E-state index in [1.807, 2.05) is 12.1 Å². The van der Waals surface area contributed by atoms with Crippen LogP contribution in [0.5, 0.6) is 5.75 Å². The molecule has 0 bridgehead atoms. The topological polar surface area (TPSA) is 59.0 Å². The van der Waals surface area contributed by atoms with Gasteiger partial charge in [-0.3, -0.25) is 0 Å². The highest BCUT2D eigenvalue weighted by molar-refractivity contribution is 9.10. The van der Waals surface area contributed by atoms with Gasteiger partial charge in [0, 0.05) is 0 Å². The lowest BCUT2D eigenvalue weighted by molar-refractivity contribution is 0.277. The van der Waals surface area contributed by atoms with Gasteiger partial charge >= 0.3 is 0 Å². The summed E-state index contributed by atoms with van der Waals surface area (Å²) in [7, 11) is 0. The third-order valence-electron chi connectivity index (χ3n) is 2.48. The van der Waals surface area contributed by atoms with Gasteiger partial charge in [0.25, 0.3) is 0 Å². The van der Waals surface area contributed by atoms with Gasteiger partial charge in [-0.15, -0.1) is 0 Å². The van der Waals surface area contributed by atoms with Crippen LogP contribution in [-0.2, 0) is 0 Å². The van der Waals surface area contributed by atoms with Crippen molar-refractivity contribution in [3.8, 4) is 11.8 Å². The fraction of sp³-hybridized carbons (Fsp3) is 0.364. The molecule has 78 valence electrons. The fourth-order valence-corrected chi connectivity index (χ4v) is 1.75. The number of nitrogens with zero attached hydrogens (tertiary/aromatic N) is 1. The van der Waals surface area contributed by atoms with E-state index in [0.29, 0.717) is 17.9 Å². The number of para-hydroxylation sites is 1. The Kier molecular flexibility index (Phi) is 2.68. The van der Waals surface area contributed by atoms with Crippen LogP contribution in [0.2, 0.25) is 0 Å². The Morgan fingerprint density at radius 1 is 1.53 bits per heavy atom. The molecular weight excluding hydrogens is 256 g/mol. The van der Waals surface area contributed by atoms with Crippen molar-refractivity contribution in [1.29, 1.82) is 5.26 Å². The number of hydrogen-bond donors (Lipinski definition) is 1. The number of hydrogen-bond acceptors (Lipinski definition) is 3. The summed E-state index contributed by atoms with van der Waals surface area (Å²) in [6.07, 6.45) is 2.00. The van der Waals surface area contributed by atoms with Crippen molar-refractivity contribution in [2.45, 2.75) is 18.4 Å². The van der Waals surface area contributed by atoms with Crippen LogP contribution >= 0.6 is 15.9 Å². The summed E-state index contributed by atoms with van der Waals surface area (Å²) in [4.78, 5) is 0. The van der Waals surface area contributed by atoms with Crippen molar-refractivity contribution in [3.63, 3.8) is 0 Å². The van der Waals surface area contributed by atoms with Gasteiger partial charge in [0.05, 0.1) is 15.6 Å². The Balaban J connectivity index is 2.16. The van der Waals surface area contributed by atoms with Crippen molar-refractivity contribution in [2.75, 3.05) is 6.61 Å². The smallest absolute Gasteiger partial charge is 0.151 e. The third-order valence-corrected chi connectivity index (χ3v) is 3.11. The first-order valence-electron chi connectivity index (χ1n) is 4.75. The molecule has 0 radical (unpaired) electrons. The lowest BCUT2D eigenvalue weighted by Gasteiger charge is -2.13. The minimum atomic E-state index is -0.165. The van der Waals surface area contributed by atoms with Crippen molar-refractivity contribution in [3.05, 3.63) is 28.2 Å². The van der Waals surface area contributed by atoms with Crippen LogP contribution in [0, 0.1) is 11.3 Å². The Labute approximate surface area is 97.0 Å². The number of benzene rings is 1. The molecule has 0 heterocycles. The first-order valence-corrected chi connectivity index (χ1v) is 5.54. The minimum Gasteiger partial charge on any atom is -0.489 e. The van der Waals surface area contributed by atoms with E-state index in [1.54, 1.807) is 6.07 Å². The van der Waals surface area contributed by atoms with Gasteiger partial charge < -0.3 is 10.5 Å². The normalized spacial score (nSPS) is 16.9. The third kappa shape index (κ3) is 2.31. The van der Waals surface area contributed by atoms with Gasteiger partial charge in [-0.25, -0.2) is 0 Å². The molecule has 2 rings (SSSR count). The van der Waals surface area contributed by atoms with Crippen LogP contribution in [0.4, 0.5) is 0 Å². The average Bonchev–Trinajstić information content (AvgIpc) is 2.95. The quantitative estimate of drug-likeness (QED) is 0.913. The Bertz CT molecular complexity index is 421. The van der Waals surface area contributed by atoms with Gasteiger partial charge in [0.15, 0.2) is 5.75 Å². The molecule has 0 saturated heterocycles. The second kappa shape index (κ2) is 3.84. The number of ether oxygens (including phenoxy) is 1. The van der Waals surface area contributed by atoms with Crippen LogP contribution in [0.25, 0.3) is 0 Å². The maximum atomic E-state index is 8.91. The molecule has 0 unspecified atom stereocenters. The van der Waals surface area contributed by atoms with E-state index >= 15 is 0 Å². The van der Waals surface area contributed by atoms with E-state index in [9.17, 15) is 0 Å². The van der Waals surface area contributed by atoms with Crippen LogP contribution in [-0.4, -0.2) is 12.1 Å². The van der Waals surface area contributed by atoms with Gasteiger partial charge in [0.1, 0.15) is 12.7 Å². The van der Waals surface area contributed by atoms with Crippen LogP contribution in [0.15, 0.2) is 22.7 Å². The molecule has 0 spiro atoms. The van der Waals surface area contributed by atoms with Crippen molar-refractivity contribution < 1.29 is 4.74 Å². The molecule has 1 saturated carbocycles. The monoisotopic (exact) mass is 266 g/mol. The summed E-state index contributed by atoms with van der Waals surface area (Å²) in [5.74, 6) is 0.594. The SMILES string of the molecule is N#Cc1cccc(Br)c1OCC1(N)CC1. The summed E-state index contributed by atoms with van der Waals surface area (Å²) in [5.41, 5.74) is 6.28. The summed E-state index contributed by atoms with van der Waals surface area (Å²) >= 11 is 3.36. The van der Waals surface area contributed by atoms with E-state index in [2.05, 4.69) is 22.0 Å². The standard InChI is InChI=1S/C11H11BrN2O/c12-9-3-1-2-8(6-13)10(9)15-7-11(14)4-5-11/h1-3H,4-5,7,14H2. The zero-order valence-corrected chi connectivity index (χ0v) is 9.75. The number of rotatable bonds is 3. The molecule has 15 heavy (non-hydrogen) atoms.